The predicted molar refractivity (Wildman–Crippen MR) is 57.4 cm³/mol. The van der Waals surface area contributed by atoms with E-state index in [1.165, 1.54) is 0 Å². The molecule has 3 heteroatoms. The average Bonchev–Trinajstić information content (AvgIpc) is 2.96. The Hall–Kier alpha value is -0.990. The minimum Gasteiger partial charge on any atom is -0.171 e. The lowest BCUT2D eigenvalue weighted by Gasteiger charge is -2.09. The van der Waals surface area contributed by atoms with Gasteiger partial charge in [-0.15, -0.1) is 0 Å². The van der Waals surface area contributed by atoms with Gasteiger partial charge in [0.1, 0.15) is 0 Å². The van der Waals surface area contributed by atoms with Crippen molar-refractivity contribution < 1.29 is 13.2 Å². The van der Waals surface area contributed by atoms with E-state index in [0.717, 1.165) is 11.1 Å². The fourth-order valence-corrected chi connectivity index (χ4v) is 2.07. The van der Waals surface area contributed by atoms with Gasteiger partial charge >= 0.3 is 6.18 Å². The molecule has 0 aromatic heterocycles. The molecule has 2 unspecified atom stereocenters. The fourth-order valence-electron chi connectivity index (χ4n) is 2.07. The molecule has 0 bridgehead atoms. The monoisotopic (exact) mass is 228 g/mol. The van der Waals surface area contributed by atoms with Gasteiger partial charge in [-0.05, 0) is 29.4 Å². The van der Waals surface area contributed by atoms with E-state index in [1.807, 2.05) is 38.1 Å². The molecule has 16 heavy (non-hydrogen) atoms. The summed E-state index contributed by atoms with van der Waals surface area (Å²) in [7, 11) is 0. The maximum atomic E-state index is 12.4. The van der Waals surface area contributed by atoms with Crippen molar-refractivity contribution in [1.82, 2.24) is 0 Å². The molecule has 1 fully saturated rings. The average molecular weight is 228 g/mol. The molecule has 1 aromatic carbocycles. The molecule has 0 saturated heterocycles. The van der Waals surface area contributed by atoms with Gasteiger partial charge < -0.3 is 0 Å². The lowest BCUT2D eigenvalue weighted by atomic mass is 9.98. The van der Waals surface area contributed by atoms with Crippen LogP contribution in [0.4, 0.5) is 13.2 Å². The number of rotatable bonds is 2. The third-order valence-electron chi connectivity index (χ3n) is 3.22. The molecule has 88 valence electrons. The molecule has 0 radical (unpaired) electrons. The van der Waals surface area contributed by atoms with Crippen LogP contribution in [0.3, 0.4) is 0 Å². The van der Waals surface area contributed by atoms with Gasteiger partial charge in [-0.1, -0.05) is 38.1 Å². The summed E-state index contributed by atoms with van der Waals surface area (Å²) in [6.45, 7) is 4.10. The fraction of sp³-hybridized carbons (Fsp3) is 0.538. The van der Waals surface area contributed by atoms with Crippen molar-refractivity contribution in [2.75, 3.05) is 0 Å². The van der Waals surface area contributed by atoms with Crippen LogP contribution in [-0.2, 0) is 0 Å². The molecule has 1 aromatic rings. The Morgan fingerprint density at radius 2 is 1.94 bits per heavy atom. The van der Waals surface area contributed by atoms with E-state index in [4.69, 9.17) is 0 Å². The third kappa shape index (κ3) is 2.23. The van der Waals surface area contributed by atoms with E-state index in [-0.39, 0.29) is 12.3 Å². The zero-order valence-corrected chi connectivity index (χ0v) is 9.38. The standard InChI is InChI=1S/C13H15F3/c1-8(2)9-4-3-5-10(6-9)11-7-12(11)13(14,15)16/h3-6,8,11-12H,7H2,1-2H3. The van der Waals surface area contributed by atoms with Crippen LogP contribution in [0, 0.1) is 5.92 Å². The molecule has 2 atom stereocenters. The van der Waals surface area contributed by atoms with Crippen LogP contribution in [0.5, 0.6) is 0 Å². The van der Waals surface area contributed by atoms with E-state index in [9.17, 15) is 13.2 Å². The third-order valence-corrected chi connectivity index (χ3v) is 3.22. The van der Waals surface area contributed by atoms with Crippen molar-refractivity contribution in [3.05, 3.63) is 35.4 Å². The van der Waals surface area contributed by atoms with Gasteiger partial charge in [0.15, 0.2) is 0 Å². The van der Waals surface area contributed by atoms with Crippen molar-refractivity contribution in [3.63, 3.8) is 0 Å². The van der Waals surface area contributed by atoms with Gasteiger partial charge in [0, 0.05) is 0 Å². The van der Waals surface area contributed by atoms with Crippen molar-refractivity contribution >= 4 is 0 Å². The van der Waals surface area contributed by atoms with Crippen molar-refractivity contribution in [1.29, 1.82) is 0 Å². The second-order valence-electron chi connectivity index (χ2n) is 4.82. The topological polar surface area (TPSA) is 0 Å². The van der Waals surface area contributed by atoms with E-state index in [2.05, 4.69) is 0 Å². The van der Waals surface area contributed by atoms with Crippen LogP contribution in [0.1, 0.15) is 43.2 Å². The van der Waals surface area contributed by atoms with Crippen LogP contribution >= 0.6 is 0 Å². The molecule has 1 aliphatic carbocycles. The summed E-state index contributed by atoms with van der Waals surface area (Å²) in [6.07, 6.45) is -3.77. The summed E-state index contributed by atoms with van der Waals surface area (Å²) in [4.78, 5) is 0. The van der Waals surface area contributed by atoms with Crippen LogP contribution in [0.2, 0.25) is 0 Å². The van der Waals surface area contributed by atoms with Gasteiger partial charge in [0.05, 0.1) is 5.92 Å². The predicted octanol–water partition coefficient (Wildman–Crippen LogP) is 4.48. The molecule has 1 saturated carbocycles. The van der Waals surface area contributed by atoms with Gasteiger partial charge in [-0.3, -0.25) is 0 Å². The van der Waals surface area contributed by atoms with Crippen molar-refractivity contribution in [2.24, 2.45) is 5.92 Å². The van der Waals surface area contributed by atoms with E-state index >= 15 is 0 Å². The Bertz CT molecular complexity index is 379. The minimum atomic E-state index is -4.03. The summed E-state index contributed by atoms with van der Waals surface area (Å²) < 4.78 is 37.3. The molecular weight excluding hydrogens is 213 g/mol. The molecule has 0 heterocycles. The molecule has 0 nitrogen and oxygen atoms in total. The minimum absolute atomic E-state index is 0.255. The number of hydrogen-bond acceptors (Lipinski definition) is 0. The van der Waals surface area contributed by atoms with Crippen LogP contribution in [0.25, 0.3) is 0 Å². The highest BCUT2D eigenvalue weighted by atomic mass is 19.4. The van der Waals surface area contributed by atoms with E-state index < -0.39 is 12.1 Å². The van der Waals surface area contributed by atoms with E-state index in [0.29, 0.717) is 5.92 Å². The molecule has 0 spiro atoms. The summed E-state index contributed by atoms with van der Waals surface area (Å²) in [6, 6.07) is 7.55. The lowest BCUT2D eigenvalue weighted by Crippen LogP contribution is -2.11. The van der Waals surface area contributed by atoms with Crippen molar-refractivity contribution in [3.8, 4) is 0 Å². The van der Waals surface area contributed by atoms with Gasteiger partial charge in [-0.2, -0.15) is 13.2 Å². The smallest absolute Gasteiger partial charge is 0.171 e. The SMILES string of the molecule is CC(C)c1cccc(C2CC2C(F)(F)F)c1. The second-order valence-corrected chi connectivity index (χ2v) is 4.82. The first-order valence-electron chi connectivity index (χ1n) is 5.56. The van der Waals surface area contributed by atoms with Gasteiger partial charge in [0.25, 0.3) is 0 Å². The first-order chi connectivity index (χ1) is 7.39. The first kappa shape index (κ1) is 11.5. The second kappa shape index (κ2) is 3.79. The molecule has 2 rings (SSSR count). The maximum Gasteiger partial charge on any atom is 0.392 e. The number of benzene rings is 1. The normalized spacial score (nSPS) is 24.9. The highest BCUT2D eigenvalue weighted by molar-refractivity contribution is 5.32. The highest BCUT2D eigenvalue weighted by Crippen LogP contribution is 2.56. The van der Waals surface area contributed by atoms with Crippen LogP contribution < -0.4 is 0 Å². The Kier molecular flexibility index (Phi) is 2.72. The van der Waals surface area contributed by atoms with Crippen LogP contribution in [-0.4, -0.2) is 6.18 Å². The molecule has 0 aliphatic heterocycles. The van der Waals surface area contributed by atoms with E-state index in [1.54, 1.807) is 0 Å². The molecule has 0 amide bonds. The Morgan fingerprint density at radius 1 is 1.25 bits per heavy atom. The Labute approximate surface area is 93.5 Å². The summed E-state index contributed by atoms with van der Waals surface area (Å²) in [5.74, 6) is -1.06. The maximum absolute atomic E-state index is 12.4. The quantitative estimate of drug-likeness (QED) is 0.700. The first-order valence-corrected chi connectivity index (χ1v) is 5.56. The molecule has 1 aliphatic rings. The summed E-state index contributed by atoms with van der Waals surface area (Å²) >= 11 is 0. The lowest BCUT2D eigenvalue weighted by molar-refractivity contribution is -0.148. The molecular formula is C13H15F3. The Balaban J connectivity index is 2.15. The number of hydrogen-bond donors (Lipinski definition) is 0. The summed E-state index contributed by atoms with van der Waals surface area (Å²) in [5.41, 5.74) is 1.96. The summed E-state index contributed by atoms with van der Waals surface area (Å²) in [5, 5.41) is 0. The number of alkyl halides is 3. The highest BCUT2D eigenvalue weighted by Gasteiger charge is 2.56. The van der Waals surface area contributed by atoms with Gasteiger partial charge in [-0.25, -0.2) is 0 Å². The number of halogens is 3. The zero-order chi connectivity index (χ0) is 11.9. The largest absolute Gasteiger partial charge is 0.392 e. The van der Waals surface area contributed by atoms with Crippen LogP contribution in [0.15, 0.2) is 24.3 Å². The van der Waals surface area contributed by atoms with Crippen molar-refractivity contribution in [2.45, 2.75) is 38.3 Å². The Morgan fingerprint density at radius 3 is 2.44 bits per heavy atom. The van der Waals surface area contributed by atoms with Gasteiger partial charge in [0.2, 0.25) is 0 Å². The molecule has 0 N–H and O–H groups in total. The zero-order valence-electron chi connectivity index (χ0n) is 9.38.